The first-order valence-corrected chi connectivity index (χ1v) is 7.07. The van der Waals surface area contributed by atoms with Gasteiger partial charge in [0.2, 0.25) is 0 Å². The molecule has 1 aliphatic heterocycles. The quantitative estimate of drug-likeness (QED) is 0.910. The maximum absolute atomic E-state index is 12.6. The number of likely N-dealkylation sites (tertiary alicyclic amines) is 1. The van der Waals surface area contributed by atoms with E-state index in [1.807, 2.05) is 20.8 Å². The molecule has 110 valence electrons. The highest BCUT2D eigenvalue weighted by atomic mass is 16.4. The lowest BCUT2D eigenvalue weighted by molar-refractivity contribution is -0.141. The molecule has 6 nitrogen and oxygen atoms in total. The van der Waals surface area contributed by atoms with Gasteiger partial charge in [0.05, 0.1) is 5.69 Å². The van der Waals surface area contributed by atoms with Gasteiger partial charge in [-0.2, -0.15) is 5.10 Å². The van der Waals surface area contributed by atoms with Crippen LogP contribution in [0.25, 0.3) is 0 Å². The van der Waals surface area contributed by atoms with Gasteiger partial charge in [-0.1, -0.05) is 13.8 Å². The highest BCUT2D eigenvalue weighted by molar-refractivity contribution is 5.95. The van der Waals surface area contributed by atoms with E-state index in [4.69, 9.17) is 0 Å². The number of nitrogens with zero attached hydrogens (tertiary/aromatic N) is 3. The second-order valence-electron chi connectivity index (χ2n) is 5.42. The van der Waals surface area contributed by atoms with Crippen molar-refractivity contribution in [2.24, 2.45) is 0 Å². The molecule has 1 atom stereocenters. The van der Waals surface area contributed by atoms with E-state index in [9.17, 15) is 14.7 Å². The molecule has 1 saturated heterocycles. The first kappa shape index (κ1) is 14.6. The van der Waals surface area contributed by atoms with Gasteiger partial charge in [0, 0.05) is 13.1 Å². The molecule has 1 aliphatic rings. The summed E-state index contributed by atoms with van der Waals surface area (Å²) in [5.41, 5.74) is 1.35. The van der Waals surface area contributed by atoms with E-state index in [1.54, 1.807) is 10.7 Å². The summed E-state index contributed by atoms with van der Waals surface area (Å²) in [6.45, 7) is 7.06. The number of carboxylic acid groups (broad SMARTS) is 1. The largest absolute Gasteiger partial charge is 0.480 e. The van der Waals surface area contributed by atoms with E-state index in [0.717, 1.165) is 12.1 Å². The van der Waals surface area contributed by atoms with E-state index in [1.165, 1.54) is 4.90 Å². The molecule has 0 aliphatic carbocycles. The number of carboxylic acids is 1. The molecule has 0 spiro atoms. The van der Waals surface area contributed by atoms with Gasteiger partial charge >= 0.3 is 5.97 Å². The molecule has 1 amide bonds. The molecule has 1 N–H and O–H groups in total. The first-order valence-electron chi connectivity index (χ1n) is 7.07. The maximum atomic E-state index is 12.6. The van der Waals surface area contributed by atoms with E-state index in [0.29, 0.717) is 25.2 Å². The Bertz CT molecular complexity index is 522. The Kier molecular flexibility index (Phi) is 4.11. The lowest BCUT2D eigenvalue weighted by Crippen LogP contribution is -2.41. The molecule has 0 radical (unpaired) electrons. The maximum Gasteiger partial charge on any atom is 0.326 e. The van der Waals surface area contributed by atoms with Crippen molar-refractivity contribution in [3.05, 3.63) is 17.5 Å². The third kappa shape index (κ3) is 2.55. The second kappa shape index (κ2) is 5.64. The van der Waals surface area contributed by atoms with Crippen molar-refractivity contribution in [1.29, 1.82) is 0 Å². The molecule has 6 heteroatoms. The fraction of sp³-hybridized carbons (Fsp3) is 0.643. The fourth-order valence-corrected chi connectivity index (χ4v) is 2.55. The topological polar surface area (TPSA) is 75.4 Å². The molecule has 0 saturated carbocycles. The van der Waals surface area contributed by atoms with Crippen molar-refractivity contribution in [3.8, 4) is 0 Å². The summed E-state index contributed by atoms with van der Waals surface area (Å²) in [6.07, 6.45) is 1.26. The molecule has 1 aromatic heterocycles. The summed E-state index contributed by atoms with van der Waals surface area (Å²) >= 11 is 0. The average molecular weight is 279 g/mol. The smallest absolute Gasteiger partial charge is 0.326 e. The summed E-state index contributed by atoms with van der Waals surface area (Å²) in [5.74, 6) is -0.915. The van der Waals surface area contributed by atoms with Crippen LogP contribution in [-0.4, -0.2) is 44.3 Å². The summed E-state index contributed by atoms with van der Waals surface area (Å²) in [5, 5.41) is 13.6. The van der Waals surface area contributed by atoms with Crippen LogP contribution in [0.2, 0.25) is 0 Å². The third-order valence-corrected chi connectivity index (χ3v) is 3.71. The molecular formula is C14H21N3O3. The number of aliphatic carboxylic acids is 1. The van der Waals surface area contributed by atoms with Gasteiger partial charge in [-0.25, -0.2) is 4.79 Å². The highest BCUT2D eigenvalue weighted by Crippen LogP contribution is 2.22. The van der Waals surface area contributed by atoms with Crippen LogP contribution in [0.1, 0.15) is 55.7 Å². The van der Waals surface area contributed by atoms with Gasteiger partial charge < -0.3 is 10.0 Å². The van der Waals surface area contributed by atoms with E-state index in [2.05, 4.69) is 5.10 Å². The number of aromatic nitrogens is 2. The van der Waals surface area contributed by atoms with E-state index < -0.39 is 12.0 Å². The minimum atomic E-state index is -0.928. The predicted octanol–water partition coefficient (Wildman–Crippen LogP) is 1.72. The van der Waals surface area contributed by atoms with Crippen LogP contribution >= 0.6 is 0 Å². The van der Waals surface area contributed by atoms with Gasteiger partial charge in [0.1, 0.15) is 11.7 Å². The lowest BCUT2D eigenvalue weighted by atomic mass is 10.1. The van der Waals surface area contributed by atoms with Crippen LogP contribution in [0.4, 0.5) is 0 Å². The number of rotatable bonds is 4. The summed E-state index contributed by atoms with van der Waals surface area (Å²) < 4.78 is 1.66. The molecule has 2 heterocycles. The standard InChI is InChI=1S/C14H21N3O3/c1-4-17-12(8-10(15-17)9(2)3)13(18)16-7-5-6-11(16)14(19)20/h8-9,11H,4-7H2,1-3H3,(H,19,20)/t11-/m0/s1. The van der Waals surface area contributed by atoms with Gasteiger partial charge in [-0.3, -0.25) is 9.48 Å². The Morgan fingerprint density at radius 1 is 1.50 bits per heavy atom. The third-order valence-electron chi connectivity index (χ3n) is 3.71. The van der Waals surface area contributed by atoms with Crippen LogP contribution in [-0.2, 0) is 11.3 Å². The van der Waals surface area contributed by atoms with Gasteiger partial charge in [0.25, 0.3) is 5.91 Å². The monoisotopic (exact) mass is 279 g/mol. The zero-order valence-electron chi connectivity index (χ0n) is 12.2. The minimum absolute atomic E-state index is 0.226. The van der Waals surface area contributed by atoms with Crippen molar-refractivity contribution in [2.45, 2.75) is 52.1 Å². The average Bonchev–Trinajstić information content (AvgIpc) is 3.04. The van der Waals surface area contributed by atoms with Crippen LogP contribution in [0.3, 0.4) is 0 Å². The molecule has 0 bridgehead atoms. The number of aryl methyl sites for hydroxylation is 1. The van der Waals surface area contributed by atoms with Crippen LogP contribution in [0.15, 0.2) is 6.07 Å². The lowest BCUT2D eigenvalue weighted by Gasteiger charge is -2.21. The molecule has 0 aromatic carbocycles. The SMILES string of the molecule is CCn1nc(C(C)C)cc1C(=O)N1CCC[C@H]1C(=O)O. The Morgan fingerprint density at radius 3 is 2.75 bits per heavy atom. The number of hydrogen-bond donors (Lipinski definition) is 1. The Hall–Kier alpha value is -1.85. The first-order chi connectivity index (χ1) is 9.45. The molecule has 1 fully saturated rings. The summed E-state index contributed by atoms with van der Waals surface area (Å²) in [4.78, 5) is 25.2. The van der Waals surface area contributed by atoms with Crippen molar-refractivity contribution >= 4 is 11.9 Å². The molecule has 20 heavy (non-hydrogen) atoms. The number of carbonyl (C=O) groups excluding carboxylic acids is 1. The number of hydrogen-bond acceptors (Lipinski definition) is 3. The normalized spacial score (nSPS) is 18.8. The molecular weight excluding hydrogens is 258 g/mol. The van der Waals surface area contributed by atoms with Crippen LogP contribution < -0.4 is 0 Å². The van der Waals surface area contributed by atoms with Crippen molar-refractivity contribution in [3.63, 3.8) is 0 Å². The van der Waals surface area contributed by atoms with Crippen LogP contribution in [0.5, 0.6) is 0 Å². The van der Waals surface area contributed by atoms with Gasteiger partial charge in [-0.05, 0) is 31.7 Å². The molecule has 1 aromatic rings. The van der Waals surface area contributed by atoms with Crippen LogP contribution in [0, 0.1) is 0 Å². The Labute approximate surface area is 118 Å². The minimum Gasteiger partial charge on any atom is -0.480 e. The predicted molar refractivity (Wildman–Crippen MR) is 73.7 cm³/mol. The van der Waals surface area contributed by atoms with Crippen molar-refractivity contribution in [1.82, 2.24) is 14.7 Å². The summed E-state index contributed by atoms with van der Waals surface area (Å²) in [7, 11) is 0. The molecule has 2 rings (SSSR count). The van der Waals surface area contributed by atoms with E-state index in [-0.39, 0.29) is 11.8 Å². The fourth-order valence-electron chi connectivity index (χ4n) is 2.55. The molecule has 0 unspecified atom stereocenters. The highest BCUT2D eigenvalue weighted by Gasteiger charge is 2.35. The van der Waals surface area contributed by atoms with Crippen molar-refractivity contribution in [2.75, 3.05) is 6.54 Å². The zero-order chi connectivity index (χ0) is 14.9. The Balaban J connectivity index is 2.30. The number of carbonyl (C=O) groups is 2. The second-order valence-corrected chi connectivity index (χ2v) is 5.42. The Morgan fingerprint density at radius 2 is 2.20 bits per heavy atom. The van der Waals surface area contributed by atoms with Gasteiger partial charge in [-0.15, -0.1) is 0 Å². The number of amides is 1. The van der Waals surface area contributed by atoms with Crippen molar-refractivity contribution < 1.29 is 14.7 Å². The van der Waals surface area contributed by atoms with Gasteiger partial charge in [0.15, 0.2) is 0 Å². The summed E-state index contributed by atoms with van der Waals surface area (Å²) in [6, 6.07) is 1.08. The van der Waals surface area contributed by atoms with E-state index >= 15 is 0 Å². The zero-order valence-corrected chi connectivity index (χ0v) is 12.2.